The number of hydrogen-bond donors (Lipinski definition) is 3. The summed E-state index contributed by atoms with van der Waals surface area (Å²) in [5.41, 5.74) is 4.54. The van der Waals surface area contributed by atoms with Gasteiger partial charge in [0.2, 0.25) is 5.91 Å². The number of hydrogen-bond acceptors (Lipinski definition) is 5. The van der Waals surface area contributed by atoms with Crippen molar-refractivity contribution in [2.24, 2.45) is 11.8 Å². The van der Waals surface area contributed by atoms with Gasteiger partial charge in [-0.25, -0.2) is 0 Å². The van der Waals surface area contributed by atoms with E-state index in [1.54, 1.807) is 24.3 Å². The smallest absolute Gasteiger partial charge is 0.307 e. The number of aliphatic carboxylic acids is 1. The number of ether oxygens (including phenoxy) is 2. The SMILES string of the molecule is COc1ccccc1OCC(=O)NNC(=O)[C@@H]1CCCC[C@H]1C(=O)O. The van der Waals surface area contributed by atoms with E-state index in [9.17, 15) is 19.5 Å². The first-order valence-corrected chi connectivity index (χ1v) is 8.10. The molecule has 2 rings (SSSR count). The fourth-order valence-corrected chi connectivity index (χ4v) is 2.88. The minimum Gasteiger partial charge on any atom is -0.493 e. The third-order valence-electron chi connectivity index (χ3n) is 4.17. The molecule has 1 aliphatic carbocycles. The van der Waals surface area contributed by atoms with Crippen molar-refractivity contribution in [2.75, 3.05) is 13.7 Å². The van der Waals surface area contributed by atoms with Gasteiger partial charge in [0.05, 0.1) is 18.9 Å². The number of hydrazine groups is 1. The maximum atomic E-state index is 12.1. The lowest BCUT2D eigenvalue weighted by atomic mass is 9.79. The monoisotopic (exact) mass is 350 g/mol. The number of carboxylic acid groups (broad SMARTS) is 1. The summed E-state index contributed by atoms with van der Waals surface area (Å²) in [5, 5.41) is 9.20. The van der Waals surface area contributed by atoms with Gasteiger partial charge in [-0.1, -0.05) is 25.0 Å². The van der Waals surface area contributed by atoms with E-state index in [1.807, 2.05) is 0 Å². The third kappa shape index (κ3) is 5.10. The topological polar surface area (TPSA) is 114 Å². The highest BCUT2D eigenvalue weighted by Crippen LogP contribution is 2.30. The van der Waals surface area contributed by atoms with Crippen LogP contribution in [0.4, 0.5) is 0 Å². The highest BCUT2D eigenvalue weighted by Gasteiger charge is 2.35. The van der Waals surface area contributed by atoms with Crippen LogP contribution in [-0.2, 0) is 14.4 Å². The summed E-state index contributed by atoms with van der Waals surface area (Å²) < 4.78 is 10.5. The number of amides is 2. The van der Waals surface area contributed by atoms with E-state index in [-0.39, 0.29) is 6.61 Å². The number of carboxylic acids is 1. The number of benzene rings is 1. The molecule has 0 radical (unpaired) electrons. The molecule has 0 bridgehead atoms. The molecule has 0 saturated heterocycles. The zero-order chi connectivity index (χ0) is 18.2. The second-order valence-corrected chi connectivity index (χ2v) is 5.81. The lowest BCUT2D eigenvalue weighted by Crippen LogP contribution is -2.49. The van der Waals surface area contributed by atoms with Crippen LogP contribution in [0.25, 0.3) is 0 Å². The zero-order valence-corrected chi connectivity index (χ0v) is 14.0. The van der Waals surface area contributed by atoms with E-state index in [0.29, 0.717) is 24.3 Å². The quantitative estimate of drug-likeness (QED) is 0.662. The molecule has 1 aromatic carbocycles. The van der Waals surface area contributed by atoms with Gasteiger partial charge in [-0.05, 0) is 25.0 Å². The van der Waals surface area contributed by atoms with Gasteiger partial charge in [-0.2, -0.15) is 0 Å². The first kappa shape index (κ1) is 18.6. The van der Waals surface area contributed by atoms with Crippen LogP contribution in [0.1, 0.15) is 25.7 Å². The van der Waals surface area contributed by atoms with Gasteiger partial charge < -0.3 is 14.6 Å². The number of para-hydroxylation sites is 2. The molecule has 0 aromatic heterocycles. The molecule has 0 aliphatic heterocycles. The van der Waals surface area contributed by atoms with Crippen LogP contribution in [0.15, 0.2) is 24.3 Å². The largest absolute Gasteiger partial charge is 0.493 e. The first-order valence-electron chi connectivity index (χ1n) is 8.10. The molecule has 0 unspecified atom stereocenters. The van der Waals surface area contributed by atoms with Gasteiger partial charge >= 0.3 is 5.97 Å². The molecule has 1 aromatic rings. The molecule has 8 heteroatoms. The van der Waals surface area contributed by atoms with Crippen molar-refractivity contribution in [3.63, 3.8) is 0 Å². The van der Waals surface area contributed by atoms with Crippen molar-refractivity contribution in [3.8, 4) is 11.5 Å². The average molecular weight is 350 g/mol. The van der Waals surface area contributed by atoms with Crippen molar-refractivity contribution >= 4 is 17.8 Å². The minimum absolute atomic E-state index is 0.312. The van der Waals surface area contributed by atoms with E-state index in [0.717, 1.165) is 12.8 Å². The lowest BCUT2D eigenvalue weighted by molar-refractivity contribution is -0.149. The Balaban J connectivity index is 1.81. The van der Waals surface area contributed by atoms with E-state index in [2.05, 4.69) is 10.9 Å². The molecule has 136 valence electrons. The Bertz CT molecular complexity index is 633. The molecule has 1 fully saturated rings. The molecule has 0 spiro atoms. The Kier molecular flexibility index (Phi) is 6.62. The van der Waals surface area contributed by atoms with Crippen molar-refractivity contribution in [2.45, 2.75) is 25.7 Å². The molecule has 1 aliphatic rings. The molecule has 1 saturated carbocycles. The van der Waals surface area contributed by atoms with Crippen LogP contribution in [0.3, 0.4) is 0 Å². The van der Waals surface area contributed by atoms with Crippen molar-refractivity contribution < 1.29 is 29.0 Å². The Morgan fingerprint density at radius 3 is 2.36 bits per heavy atom. The second-order valence-electron chi connectivity index (χ2n) is 5.81. The van der Waals surface area contributed by atoms with Gasteiger partial charge in [-0.3, -0.25) is 25.2 Å². The summed E-state index contributed by atoms with van der Waals surface area (Å²) in [6.07, 6.45) is 2.56. The summed E-state index contributed by atoms with van der Waals surface area (Å²) in [6, 6.07) is 6.87. The lowest BCUT2D eigenvalue weighted by Gasteiger charge is -2.27. The summed E-state index contributed by atoms with van der Waals surface area (Å²) in [4.78, 5) is 35.2. The van der Waals surface area contributed by atoms with E-state index >= 15 is 0 Å². The van der Waals surface area contributed by atoms with Crippen LogP contribution >= 0.6 is 0 Å². The van der Waals surface area contributed by atoms with Crippen LogP contribution < -0.4 is 20.3 Å². The maximum Gasteiger partial charge on any atom is 0.307 e. The van der Waals surface area contributed by atoms with Crippen molar-refractivity contribution in [3.05, 3.63) is 24.3 Å². The molecule has 25 heavy (non-hydrogen) atoms. The molecular weight excluding hydrogens is 328 g/mol. The maximum absolute atomic E-state index is 12.1. The summed E-state index contributed by atoms with van der Waals surface area (Å²) >= 11 is 0. The number of nitrogens with one attached hydrogen (secondary N) is 2. The third-order valence-corrected chi connectivity index (χ3v) is 4.17. The Hall–Kier alpha value is -2.77. The van der Waals surface area contributed by atoms with E-state index < -0.39 is 29.6 Å². The van der Waals surface area contributed by atoms with Gasteiger partial charge in [0, 0.05) is 0 Å². The normalized spacial score (nSPS) is 19.6. The number of carbonyl (C=O) groups is 3. The van der Waals surface area contributed by atoms with E-state index in [1.165, 1.54) is 7.11 Å². The molecule has 3 N–H and O–H groups in total. The van der Waals surface area contributed by atoms with Crippen LogP contribution in [-0.4, -0.2) is 36.6 Å². The fraction of sp³-hybridized carbons (Fsp3) is 0.471. The van der Waals surface area contributed by atoms with Gasteiger partial charge in [-0.15, -0.1) is 0 Å². The zero-order valence-electron chi connectivity index (χ0n) is 14.0. The van der Waals surface area contributed by atoms with Crippen LogP contribution in [0.5, 0.6) is 11.5 Å². The molecule has 2 atom stereocenters. The second kappa shape index (κ2) is 8.91. The van der Waals surface area contributed by atoms with Gasteiger partial charge in [0.1, 0.15) is 0 Å². The summed E-state index contributed by atoms with van der Waals surface area (Å²) in [5.74, 6) is -2.47. The minimum atomic E-state index is -0.981. The van der Waals surface area contributed by atoms with Crippen molar-refractivity contribution in [1.29, 1.82) is 0 Å². The number of carbonyl (C=O) groups excluding carboxylic acids is 2. The first-order chi connectivity index (χ1) is 12.0. The predicted octanol–water partition coefficient (Wildman–Crippen LogP) is 1.11. The van der Waals surface area contributed by atoms with Crippen LogP contribution in [0, 0.1) is 11.8 Å². The standard InChI is InChI=1S/C17H22N2O6/c1-24-13-8-4-5-9-14(13)25-10-15(20)18-19-16(21)11-6-2-3-7-12(11)17(22)23/h4-5,8-9,11-12H,2-3,6-7,10H2,1H3,(H,18,20)(H,19,21)(H,22,23)/t11-,12-/m1/s1. The Morgan fingerprint density at radius 2 is 1.72 bits per heavy atom. The molecule has 2 amide bonds. The number of rotatable bonds is 6. The number of methoxy groups -OCH3 is 1. The fourth-order valence-electron chi connectivity index (χ4n) is 2.88. The summed E-state index contributed by atoms with van der Waals surface area (Å²) in [6.45, 7) is -0.312. The van der Waals surface area contributed by atoms with Gasteiger partial charge in [0.25, 0.3) is 5.91 Å². The Labute approximate surface area is 145 Å². The average Bonchev–Trinajstić information content (AvgIpc) is 2.64. The van der Waals surface area contributed by atoms with Crippen molar-refractivity contribution in [1.82, 2.24) is 10.9 Å². The van der Waals surface area contributed by atoms with Crippen LogP contribution in [0.2, 0.25) is 0 Å². The molecular formula is C17H22N2O6. The molecule has 0 heterocycles. The molecule has 8 nitrogen and oxygen atoms in total. The summed E-state index contributed by atoms with van der Waals surface area (Å²) in [7, 11) is 1.49. The van der Waals surface area contributed by atoms with Gasteiger partial charge in [0.15, 0.2) is 18.1 Å². The highest BCUT2D eigenvalue weighted by molar-refractivity contribution is 5.87. The van der Waals surface area contributed by atoms with E-state index in [4.69, 9.17) is 9.47 Å². The predicted molar refractivity (Wildman–Crippen MR) is 87.9 cm³/mol. The highest BCUT2D eigenvalue weighted by atomic mass is 16.5. The Morgan fingerprint density at radius 1 is 1.08 bits per heavy atom.